The van der Waals surface area contributed by atoms with E-state index in [0.29, 0.717) is 12.5 Å². The summed E-state index contributed by atoms with van der Waals surface area (Å²) in [6.45, 7) is 2.86. The highest BCUT2D eigenvalue weighted by molar-refractivity contribution is 5.40. The summed E-state index contributed by atoms with van der Waals surface area (Å²) in [6.07, 6.45) is 6.37. The molecule has 2 atom stereocenters. The first-order valence-corrected chi connectivity index (χ1v) is 8.16. The van der Waals surface area contributed by atoms with Gasteiger partial charge in [0.05, 0.1) is 6.04 Å². The van der Waals surface area contributed by atoms with E-state index in [1.54, 1.807) is 0 Å². The van der Waals surface area contributed by atoms with Gasteiger partial charge in [0.25, 0.3) is 0 Å². The van der Waals surface area contributed by atoms with Crippen molar-refractivity contribution in [2.45, 2.75) is 51.2 Å². The van der Waals surface area contributed by atoms with Gasteiger partial charge in [0, 0.05) is 0 Å². The third-order valence-corrected chi connectivity index (χ3v) is 5.10. The van der Waals surface area contributed by atoms with Crippen LogP contribution in [0.3, 0.4) is 0 Å². The van der Waals surface area contributed by atoms with Gasteiger partial charge < -0.3 is 9.47 Å². The lowest BCUT2D eigenvalue weighted by Gasteiger charge is -2.39. The molecular formula is C17H26N2O2. The number of hydrazine groups is 1. The Hall–Kier alpha value is -1.26. The Morgan fingerprint density at radius 2 is 1.90 bits per heavy atom. The molecule has 4 nitrogen and oxygen atoms in total. The molecule has 116 valence electrons. The largest absolute Gasteiger partial charge is 0.486 e. The molecule has 4 heteroatoms. The van der Waals surface area contributed by atoms with Crippen LogP contribution < -0.4 is 20.7 Å². The molecule has 2 unspecified atom stereocenters. The van der Waals surface area contributed by atoms with E-state index in [1.807, 2.05) is 24.3 Å². The van der Waals surface area contributed by atoms with E-state index in [1.165, 1.54) is 32.1 Å². The number of benzene rings is 1. The molecule has 1 aliphatic carbocycles. The average Bonchev–Trinajstić information content (AvgIpc) is 2.56. The fourth-order valence-corrected chi connectivity index (χ4v) is 3.72. The molecule has 0 bridgehead atoms. The summed E-state index contributed by atoms with van der Waals surface area (Å²) in [5, 5.41) is 0. The van der Waals surface area contributed by atoms with Crippen molar-refractivity contribution in [3.8, 4) is 11.5 Å². The Morgan fingerprint density at radius 3 is 2.57 bits per heavy atom. The van der Waals surface area contributed by atoms with E-state index in [9.17, 15) is 0 Å². The summed E-state index contributed by atoms with van der Waals surface area (Å²) >= 11 is 0. The third kappa shape index (κ3) is 3.16. The van der Waals surface area contributed by atoms with E-state index in [-0.39, 0.29) is 12.1 Å². The van der Waals surface area contributed by atoms with Crippen LogP contribution in [-0.4, -0.2) is 18.8 Å². The summed E-state index contributed by atoms with van der Waals surface area (Å²) in [4.78, 5) is 0. The van der Waals surface area contributed by atoms with Gasteiger partial charge in [0.1, 0.15) is 12.7 Å². The molecule has 0 saturated heterocycles. The molecule has 1 aromatic rings. The third-order valence-electron chi connectivity index (χ3n) is 5.10. The van der Waals surface area contributed by atoms with E-state index >= 15 is 0 Å². The molecule has 0 amide bonds. The zero-order valence-electron chi connectivity index (χ0n) is 12.8. The fraction of sp³-hybridized carbons (Fsp3) is 0.647. The molecule has 0 spiro atoms. The number of ether oxygens (including phenoxy) is 2. The molecule has 0 radical (unpaired) electrons. The smallest absolute Gasteiger partial charge is 0.161 e. The first-order valence-electron chi connectivity index (χ1n) is 8.16. The molecule has 3 rings (SSSR count). The van der Waals surface area contributed by atoms with Crippen LogP contribution in [0.2, 0.25) is 0 Å². The predicted molar refractivity (Wildman–Crippen MR) is 83.2 cm³/mol. The van der Waals surface area contributed by atoms with Gasteiger partial charge in [0.2, 0.25) is 0 Å². The highest BCUT2D eigenvalue weighted by Crippen LogP contribution is 2.36. The minimum atomic E-state index is -0.00641. The normalized spacial score (nSPS) is 29.9. The summed E-state index contributed by atoms with van der Waals surface area (Å²) in [5.74, 6) is 8.97. The van der Waals surface area contributed by atoms with Gasteiger partial charge in [-0.2, -0.15) is 0 Å². The molecule has 0 aromatic heterocycles. The maximum atomic E-state index is 6.12. The molecule has 1 heterocycles. The van der Waals surface area contributed by atoms with Crippen LogP contribution in [0, 0.1) is 11.8 Å². The number of hydrogen-bond donors (Lipinski definition) is 2. The van der Waals surface area contributed by atoms with Gasteiger partial charge in [-0.25, -0.2) is 0 Å². The highest BCUT2D eigenvalue weighted by atomic mass is 16.6. The highest BCUT2D eigenvalue weighted by Gasteiger charge is 2.35. The minimum absolute atomic E-state index is 0.00641. The summed E-state index contributed by atoms with van der Waals surface area (Å²) in [5.41, 5.74) is 3.00. The Bertz CT molecular complexity index is 458. The number of fused-ring (bicyclic) bond motifs is 1. The molecule has 2 aliphatic rings. The lowest BCUT2D eigenvalue weighted by atomic mass is 9.76. The molecule has 1 fully saturated rings. The Kier molecular flexibility index (Phi) is 4.66. The van der Waals surface area contributed by atoms with Crippen molar-refractivity contribution >= 4 is 0 Å². The van der Waals surface area contributed by atoms with Crippen molar-refractivity contribution in [1.82, 2.24) is 5.43 Å². The summed E-state index contributed by atoms with van der Waals surface area (Å²) in [7, 11) is 0. The number of nitrogens with two attached hydrogens (primary N) is 1. The number of hydrogen-bond acceptors (Lipinski definition) is 4. The van der Waals surface area contributed by atoms with Crippen LogP contribution in [0.1, 0.15) is 39.0 Å². The van der Waals surface area contributed by atoms with Crippen molar-refractivity contribution in [2.75, 3.05) is 6.61 Å². The standard InChI is InChI=1S/C17H26N2O2/c1-2-12-7-9-13(10-8-12)17(19-18)16-11-20-14-5-3-4-6-15(14)21-16/h3-6,12-13,16-17,19H,2,7-11,18H2,1H3. The topological polar surface area (TPSA) is 56.5 Å². The monoisotopic (exact) mass is 290 g/mol. The quantitative estimate of drug-likeness (QED) is 0.661. The van der Waals surface area contributed by atoms with Gasteiger partial charge in [0.15, 0.2) is 11.5 Å². The average molecular weight is 290 g/mol. The van der Waals surface area contributed by atoms with Crippen molar-refractivity contribution < 1.29 is 9.47 Å². The van der Waals surface area contributed by atoms with Crippen LogP contribution in [-0.2, 0) is 0 Å². The van der Waals surface area contributed by atoms with Gasteiger partial charge in [-0.15, -0.1) is 0 Å². The summed E-state index contributed by atoms with van der Waals surface area (Å²) < 4.78 is 12.0. The second-order valence-electron chi connectivity index (χ2n) is 6.30. The minimum Gasteiger partial charge on any atom is -0.486 e. The number of para-hydroxylation sites is 2. The van der Waals surface area contributed by atoms with E-state index in [2.05, 4.69) is 12.3 Å². The second-order valence-corrected chi connectivity index (χ2v) is 6.30. The van der Waals surface area contributed by atoms with Gasteiger partial charge in [-0.3, -0.25) is 11.3 Å². The lowest BCUT2D eigenvalue weighted by molar-refractivity contribution is 0.0331. The van der Waals surface area contributed by atoms with Crippen LogP contribution in [0.25, 0.3) is 0 Å². The second kappa shape index (κ2) is 6.67. The van der Waals surface area contributed by atoms with Gasteiger partial charge in [-0.05, 0) is 36.8 Å². The Labute approximate surface area is 127 Å². The SMILES string of the molecule is CCC1CCC(C(NN)C2COc3ccccc3O2)CC1. The van der Waals surface area contributed by atoms with Crippen molar-refractivity contribution in [3.05, 3.63) is 24.3 Å². The van der Waals surface area contributed by atoms with Crippen molar-refractivity contribution in [2.24, 2.45) is 17.7 Å². The predicted octanol–water partition coefficient (Wildman–Crippen LogP) is 2.87. The van der Waals surface area contributed by atoms with Crippen LogP contribution >= 0.6 is 0 Å². The van der Waals surface area contributed by atoms with Gasteiger partial charge >= 0.3 is 0 Å². The van der Waals surface area contributed by atoms with Crippen molar-refractivity contribution in [1.29, 1.82) is 0 Å². The Balaban J connectivity index is 1.65. The van der Waals surface area contributed by atoms with E-state index in [4.69, 9.17) is 15.3 Å². The molecule has 1 aromatic carbocycles. The van der Waals surface area contributed by atoms with E-state index < -0.39 is 0 Å². The lowest BCUT2D eigenvalue weighted by Crippen LogP contribution is -2.54. The Morgan fingerprint density at radius 1 is 1.19 bits per heavy atom. The zero-order chi connectivity index (χ0) is 14.7. The molecule has 1 aliphatic heterocycles. The number of rotatable bonds is 4. The maximum absolute atomic E-state index is 6.12. The maximum Gasteiger partial charge on any atom is 0.161 e. The van der Waals surface area contributed by atoms with Crippen LogP contribution in [0.5, 0.6) is 11.5 Å². The van der Waals surface area contributed by atoms with Crippen LogP contribution in [0.4, 0.5) is 0 Å². The molecule has 1 saturated carbocycles. The summed E-state index contributed by atoms with van der Waals surface area (Å²) in [6, 6.07) is 8.01. The first kappa shape index (κ1) is 14.7. The van der Waals surface area contributed by atoms with Crippen LogP contribution in [0.15, 0.2) is 24.3 Å². The van der Waals surface area contributed by atoms with Crippen molar-refractivity contribution in [3.63, 3.8) is 0 Å². The number of nitrogens with one attached hydrogen (secondary N) is 1. The molecular weight excluding hydrogens is 264 g/mol. The first-order chi connectivity index (χ1) is 10.3. The fourth-order valence-electron chi connectivity index (χ4n) is 3.72. The molecule has 21 heavy (non-hydrogen) atoms. The zero-order valence-corrected chi connectivity index (χ0v) is 12.8. The van der Waals surface area contributed by atoms with E-state index in [0.717, 1.165) is 17.4 Å². The molecule has 3 N–H and O–H groups in total. The van der Waals surface area contributed by atoms with Gasteiger partial charge in [-0.1, -0.05) is 38.3 Å².